The largest absolute Gasteiger partial charge is 0.431 e. The first-order valence-corrected chi connectivity index (χ1v) is 5.74. The van der Waals surface area contributed by atoms with Crippen molar-refractivity contribution in [2.75, 3.05) is 0 Å². The fraction of sp³-hybridized carbons (Fsp3) is 0.357. The van der Waals surface area contributed by atoms with Crippen LogP contribution in [-0.2, 0) is 9.53 Å². The van der Waals surface area contributed by atoms with Gasteiger partial charge in [0.2, 0.25) is 0 Å². The zero-order chi connectivity index (χ0) is 12.4. The van der Waals surface area contributed by atoms with E-state index in [1.54, 1.807) is 12.1 Å². The Labute approximate surface area is 100 Å². The summed E-state index contributed by atoms with van der Waals surface area (Å²) in [6.45, 7) is 4.12. The molecule has 1 aromatic carbocycles. The average Bonchev–Trinajstić information content (AvgIpc) is 2.63. The molecular formula is C14H15FO2. The summed E-state index contributed by atoms with van der Waals surface area (Å²) in [6.07, 6.45) is 2.25. The van der Waals surface area contributed by atoms with Gasteiger partial charge >= 0.3 is 5.97 Å². The van der Waals surface area contributed by atoms with E-state index in [2.05, 4.69) is 13.8 Å². The Morgan fingerprint density at radius 1 is 1.35 bits per heavy atom. The third-order valence-electron chi connectivity index (χ3n) is 2.97. The Hall–Kier alpha value is -1.64. The second-order valence-electron chi connectivity index (χ2n) is 4.63. The van der Waals surface area contributed by atoms with Gasteiger partial charge in [0.25, 0.3) is 0 Å². The van der Waals surface area contributed by atoms with Gasteiger partial charge in [-0.25, -0.2) is 4.39 Å². The highest BCUT2D eigenvalue weighted by molar-refractivity contribution is 5.76. The number of hydrogen-bond donors (Lipinski definition) is 0. The molecule has 0 aliphatic carbocycles. The van der Waals surface area contributed by atoms with Crippen LogP contribution in [0.3, 0.4) is 0 Å². The minimum atomic E-state index is -0.268. The molecule has 1 saturated heterocycles. The van der Waals surface area contributed by atoms with E-state index in [9.17, 15) is 9.18 Å². The highest BCUT2D eigenvalue weighted by atomic mass is 19.1. The molecule has 1 aromatic rings. The minimum Gasteiger partial charge on any atom is -0.431 e. The molecule has 2 nitrogen and oxygen atoms in total. The number of rotatable bonds is 2. The van der Waals surface area contributed by atoms with Crippen LogP contribution in [0.25, 0.3) is 6.08 Å². The van der Waals surface area contributed by atoms with Gasteiger partial charge in [0.15, 0.2) is 0 Å². The normalized spacial score (nSPS) is 22.2. The van der Waals surface area contributed by atoms with Gasteiger partial charge in [-0.15, -0.1) is 0 Å². The molecule has 0 amide bonds. The van der Waals surface area contributed by atoms with Gasteiger partial charge in [-0.2, -0.15) is 0 Å². The Morgan fingerprint density at radius 3 is 2.59 bits per heavy atom. The maximum Gasteiger partial charge on any atom is 0.311 e. The molecule has 1 atom stereocenters. The van der Waals surface area contributed by atoms with Crippen molar-refractivity contribution >= 4 is 12.0 Å². The number of ether oxygens (including phenoxy) is 1. The fourth-order valence-electron chi connectivity index (χ4n) is 1.95. The Balaban J connectivity index is 2.25. The summed E-state index contributed by atoms with van der Waals surface area (Å²) in [4.78, 5) is 11.3. The Bertz CT molecular complexity index is 446. The number of halogens is 1. The van der Waals surface area contributed by atoms with Crippen LogP contribution in [0.5, 0.6) is 0 Å². The van der Waals surface area contributed by atoms with E-state index in [0.717, 1.165) is 5.56 Å². The zero-order valence-electron chi connectivity index (χ0n) is 9.94. The van der Waals surface area contributed by atoms with Gasteiger partial charge in [-0.05, 0) is 29.7 Å². The highest BCUT2D eigenvalue weighted by Gasteiger charge is 2.31. The third kappa shape index (κ3) is 2.73. The Morgan fingerprint density at radius 2 is 2.00 bits per heavy atom. The summed E-state index contributed by atoms with van der Waals surface area (Å²) in [5.74, 6) is 0.727. The number of carbonyl (C=O) groups excluding carboxylic acids is 1. The first-order valence-electron chi connectivity index (χ1n) is 5.74. The van der Waals surface area contributed by atoms with Gasteiger partial charge in [0.05, 0.1) is 6.42 Å². The van der Waals surface area contributed by atoms with E-state index < -0.39 is 0 Å². The molecule has 0 saturated carbocycles. The molecule has 17 heavy (non-hydrogen) atoms. The fourth-order valence-corrected chi connectivity index (χ4v) is 1.95. The smallest absolute Gasteiger partial charge is 0.311 e. The molecular weight excluding hydrogens is 219 g/mol. The minimum absolute atomic E-state index is 0.132. The van der Waals surface area contributed by atoms with Gasteiger partial charge in [-0.3, -0.25) is 4.79 Å². The molecule has 1 aliphatic heterocycles. The van der Waals surface area contributed by atoms with Crippen molar-refractivity contribution in [2.24, 2.45) is 11.8 Å². The molecule has 2 rings (SSSR count). The molecule has 0 bridgehead atoms. The summed E-state index contributed by atoms with van der Waals surface area (Å²) in [7, 11) is 0. The molecule has 1 aliphatic rings. The van der Waals surface area contributed by atoms with Crippen LogP contribution in [0.15, 0.2) is 30.0 Å². The summed E-state index contributed by atoms with van der Waals surface area (Å²) in [5.41, 5.74) is 0.849. The first-order chi connectivity index (χ1) is 8.06. The van der Waals surface area contributed by atoms with Gasteiger partial charge < -0.3 is 4.74 Å². The number of carbonyl (C=O) groups is 1. The van der Waals surface area contributed by atoms with Crippen LogP contribution in [0, 0.1) is 17.7 Å². The van der Waals surface area contributed by atoms with E-state index in [4.69, 9.17) is 4.74 Å². The van der Waals surface area contributed by atoms with Crippen LogP contribution in [0.1, 0.15) is 25.8 Å². The zero-order valence-corrected chi connectivity index (χ0v) is 9.94. The number of cyclic esters (lactones) is 1. The molecule has 0 radical (unpaired) electrons. The lowest BCUT2D eigenvalue weighted by atomic mass is 9.92. The lowest BCUT2D eigenvalue weighted by Gasteiger charge is -2.12. The maximum absolute atomic E-state index is 12.8. The molecule has 0 aromatic heterocycles. The van der Waals surface area contributed by atoms with Crippen LogP contribution in [0.2, 0.25) is 0 Å². The number of hydrogen-bond acceptors (Lipinski definition) is 2. The standard InChI is InChI=1S/C14H15FO2/c1-9(2)12-8-14(16)17-13(12)7-10-3-5-11(15)6-4-10/h3-7,9,12H,8H2,1-2H3/b13-7-. The first kappa shape index (κ1) is 11.8. The molecule has 0 spiro atoms. The number of esters is 1. The van der Waals surface area contributed by atoms with Crippen molar-refractivity contribution in [1.29, 1.82) is 0 Å². The number of benzene rings is 1. The molecule has 0 N–H and O–H groups in total. The van der Waals surface area contributed by atoms with E-state index in [1.807, 2.05) is 6.08 Å². The second-order valence-corrected chi connectivity index (χ2v) is 4.63. The maximum atomic E-state index is 12.8. The van der Waals surface area contributed by atoms with Gasteiger partial charge in [0, 0.05) is 5.92 Å². The lowest BCUT2D eigenvalue weighted by Crippen LogP contribution is -2.06. The summed E-state index contributed by atoms with van der Waals surface area (Å²) >= 11 is 0. The summed E-state index contributed by atoms with van der Waals surface area (Å²) < 4.78 is 18.0. The van der Waals surface area contributed by atoms with Crippen molar-refractivity contribution in [2.45, 2.75) is 20.3 Å². The van der Waals surface area contributed by atoms with Crippen molar-refractivity contribution in [3.63, 3.8) is 0 Å². The van der Waals surface area contributed by atoms with Crippen LogP contribution < -0.4 is 0 Å². The quantitative estimate of drug-likeness (QED) is 0.733. The molecule has 1 heterocycles. The monoisotopic (exact) mass is 234 g/mol. The van der Waals surface area contributed by atoms with Crippen LogP contribution >= 0.6 is 0 Å². The Kier molecular flexibility index (Phi) is 3.27. The molecule has 90 valence electrons. The average molecular weight is 234 g/mol. The van der Waals surface area contributed by atoms with E-state index in [-0.39, 0.29) is 17.7 Å². The van der Waals surface area contributed by atoms with Crippen LogP contribution in [-0.4, -0.2) is 5.97 Å². The number of allylic oxidation sites excluding steroid dienone is 1. The topological polar surface area (TPSA) is 26.3 Å². The lowest BCUT2D eigenvalue weighted by molar-refractivity contribution is -0.135. The summed E-state index contributed by atoms with van der Waals surface area (Å²) in [5, 5.41) is 0. The summed E-state index contributed by atoms with van der Waals surface area (Å²) in [6, 6.07) is 6.14. The second kappa shape index (κ2) is 4.70. The van der Waals surface area contributed by atoms with E-state index in [1.165, 1.54) is 12.1 Å². The molecule has 1 unspecified atom stereocenters. The predicted octanol–water partition coefficient (Wildman–Crippen LogP) is 3.39. The van der Waals surface area contributed by atoms with E-state index >= 15 is 0 Å². The van der Waals surface area contributed by atoms with Crippen molar-refractivity contribution < 1.29 is 13.9 Å². The third-order valence-corrected chi connectivity index (χ3v) is 2.97. The molecule has 3 heteroatoms. The van der Waals surface area contributed by atoms with Gasteiger partial charge in [-0.1, -0.05) is 26.0 Å². The predicted molar refractivity (Wildman–Crippen MR) is 63.4 cm³/mol. The van der Waals surface area contributed by atoms with Crippen LogP contribution in [0.4, 0.5) is 4.39 Å². The highest BCUT2D eigenvalue weighted by Crippen LogP contribution is 2.33. The van der Waals surface area contributed by atoms with E-state index in [0.29, 0.717) is 18.1 Å². The van der Waals surface area contributed by atoms with Gasteiger partial charge in [0.1, 0.15) is 11.6 Å². The van der Waals surface area contributed by atoms with Crippen molar-refractivity contribution in [1.82, 2.24) is 0 Å². The SMILES string of the molecule is CC(C)C1CC(=O)O/C1=C\c1ccc(F)cc1. The van der Waals surface area contributed by atoms with Crippen molar-refractivity contribution in [3.8, 4) is 0 Å². The molecule has 1 fully saturated rings. The van der Waals surface area contributed by atoms with Crippen molar-refractivity contribution in [3.05, 3.63) is 41.4 Å².